The van der Waals surface area contributed by atoms with Gasteiger partial charge in [-0.05, 0) is 56.9 Å². The average Bonchev–Trinajstić information content (AvgIpc) is 2.82. The van der Waals surface area contributed by atoms with Crippen LogP contribution in [-0.4, -0.2) is 51.4 Å². The molecule has 1 heterocycles. The number of aryl methyl sites for hydroxylation is 2. The zero-order chi connectivity index (χ0) is 24.0. The Morgan fingerprint density at radius 2 is 1.67 bits per heavy atom. The number of anilines is 1. The fourth-order valence-electron chi connectivity index (χ4n) is 4.04. The highest BCUT2D eigenvalue weighted by Crippen LogP contribution is 2.28. The van der Waals surface area contributed by atoms with Crippen LogP contribution in [0.3, 0.4) is 0 Å². The van der Waals surface area contributed by atoms with E-state index in [1.54, 1.807) is 48.2 Å². The number of carbonyl (C=O) groups excluding carboxylic acids is 2. The van der Waals surface area contributed by atoms with E-state index in [-0.39, 0.29) is 29.2 Å². The second-order valence-electron chi connectivity index (χ2n) is 8.21. The predicted molar refractivity (Wildman–Crippen MR) is 127 cm³/mol. The summed E-state index contributed by atoms with van der Waals surface area (Å²) in [6.07, 6.45) is 1.66. The summed E-state index contributed by atoms with van der Waals surface area (Å²) in [6.45, 7) is 6.46. The molecule has 2 aromatic rings. The number of nitrogens with zero attached hydrogens (tertiary/aromatic N) is 2. The van der Waals surface area contributed by atoms with E-state index in [0.717, 1.165) is 11.1 Å². The molecule has 33 heavy (non-hydrogen) atoms. The van der Waals surface area contributed by atoms with Crippen LogP contribution >= 0.6 is 0 Å². The van der Waals surface area contributed by atoms with Crippen molar-refractivity contribution in [1.29, 1.82) is 0 Å². The van der Waals surface area contributed by atoms with Crippen LogP contribution in [0.15, 0.2) is 53.4 Å². The molecule has 0 N–H and O–H groups in total. The third-order valence-electron chi connectivity index (χ3n) is 6.00. The standard InChI is InChI=1S/C25H32N2O5S/c1-4-20-8-6-7-9-23(20)27(33(30,31)22-12-10-19(3)11-13-22)18-24(28)26-16-14-21(15-17-26)25(29)32-5-2/h6-13,21H,4-5,14-18H2,1-3H3. The van der Waals surface area contributed by atoms with Gasteiger partial charge in [-0.3, -0.25) is 13.9 Å². The molecule has 1 aliphatic rings. The third-order valence-corrected chi connectivity index (χ3v) is 7.77. The van der Waals surface area contributed by atoms with Crippen LogP contribution in [-0.2, 0) is 30.8 Å². The maximum Gasteiger partial charge on any atom is 0.309 e. The van der Waals surface area contributed by atoms with Crippen molar-refractivity contribution in [1.82, 2.24) is 4.90 Å². The largest absolute Gasteiger partial charge is 0.466 e. The normalized spacial score (nSPS) is 14.7. The molecule has 0 unspecified atom stereocenters. The Balaban J connectivity index is 1.86. The molecule has 0 bridgehead atoms. The van der Waals surface area contributed by atoms with E-state index in [4.69, 9.17) is 4.74 Å². The monoisotopic (exact) mass is 472 g/mol. The second kappa shape index (κ2) is 10.8. The van der Waals surface area contributed by atoms with Gasteiger partial charge in [0, 0.05) is 13.1 Å². The molecule has 1 fully saturated rings. The molecule has 0 radical (unpaired) electrons. The van der Waals surface area contributed by atoms with E-state index in [2.05, 4.69) is 0 Å². The van der Waals surface area contributed by atoms with Gasteiger partial charge in [-0.15, -0.1) is 0 Å². The van der Waals surface area contributed by atoms with Crippen LogP contribution in [0.2, 0.25) is 0 Å². The van der Waals surface area contributed by atoms with Gasteiger partial charge in [0.15, 0.2) is 0 Å². The maximum atomic E-state index is 13.6. The lowest BCUT2D eigenvalue weighted by Gasteiger charge is -2.33. The van der Waals surface area contributed by atoms with Crippen molar-refractivity contribution in [3.8, 4) is 0 Å². The zero-order valence-electron chi connectivity index (χ0n) is 19.5. The number of ether oxygens (including phenoxy) is 1. The third kappa shape index (κ3) is 5.74. The van der Waals surface area contributed by atoms with Gasteiger partial charge in [0.05, 0.1) is 23.1 Å². The van der Waals surface area contributed by atoms with Crippen molar-refractivity contribution in [3.05, 3.63) is 59.7 Å². The lowest BCUT2D eigenvalue weighted by Crippen LogP contribution is -2.47. The van der Waals surface area contributed by atoms with E-state index in [1.807, 2.05) is 26.0 Å². The number of hydrogen-bond donors (Lipinski definition) is 0. The minimum atomic E-state index is -3.96. The molecular weight excluding hydrogens is 440 g/mol. The second-order valence-corrected chi connectivity index (χ2v) is 10.1. The molecular formula is C25H32N2O5S. The van der Waals surface area contributed by atoms with E-state index in [1.165, 1.54) is 4.31 Å². The topological polar surface area (TPSA) is 84.0 Å². The fourth-order valence-corrected chi connectivity index (χ4v) is 5.49. The number of benzene rings is 2. The smallest absolute Gasteiger partial charge is 0.309 e. The van der Waals surface area contributed by atoms with E-state index < -0.39 is 10.0 Å². The number of rotatable bonds is 8. The number of carbonyl (C=O) groups is 2. The number of sulfonamides is 1. The van der Waals surface area contributed by atoms with Gasteiger partial charge in [0.25, 0.3) is 10.0 Å². The van der Waals surface area contributed by atoms with Crippen LogP contribution in [0.1, 0.15) is 37.8 Å². The Labute approximate surface area is 196 Å². The van der Waals surface area contributed by atoms with Gasteiger partial charge in [-0.1, -0.05) is 42.8 Å². The van der Waals surface area contributed by atoms with Crippen LogP contribution < -0.4 is 4.31 Å². The highest BCUT2D eigenvalue weighted by Gasteiger charge is 2.33. The molecule has 0 atom stereocenters. The van der Waals surface area contributed by atoms with Crippen molar-refractivity contribution in [2.45, 2.75) is 44.9 Å². The summed E-state index contributed by atoms with van der Waals surface area (Å²) < 4.78 is 33.6. The predicted octanol–water partition coefficient (Wildman–Crippen LogP) is 3.55. The number of piperidine rings is 1. The Morgan fingerprint density at radius 3 is 2.27 bits per heavy atom. The summed E-state index contributed by atoms with van der Waals surface area (Å²) in [7, 11) is -3.96. The lowest BCUT2D eigenvalue weighted by molar-refractivity contribution is -0.151. The number of para-hydroxylation sites is 1. The highest BCUT2D eigenvalue weighted by molar-refractivity contribution is 7.92. The molecule has 8 heteroatoms. The molecule has 0 saturated carbocycles. The SMILES string of the molecule is CCOC(=O)C1CCN(C(=O)CN(c2ccccc2CC)S(=O)(=O)c2ccc(C)cc2)CC1. The molecule has 0 aliphatic carbocycles. The first-order chi connectivity index (χ1) is 15.8. The molecule has 1 saturated heterocycles. The molecule has 178 valence electrons. The first-order valence-corrected chi connectivity index (χ1v) is 12.8. The summed E-state index contributed by atoms with van der Waals surface area (Å²) in [5.74, 6) is -0.730. The molecule has 0 spiro atoms. The quantitative estimate of drug-likeness (QED) is 0.549. The van der Waals surface area contributed by atoms with Crippen molar-refractivity contribution in [3.63, 3.8) is 0 Å². The minimum absolute atomic E-state index is 0.146. The Morgan fingerprint density at radius 1 is 1.03 bits per heavy atom. The molecule has 3 rings (SSSR count). The Bertz CT molecular complexity index is 1070. The summed E-state index contributed by atoms with van der Waals surface area (Å²) in [5, 5.41) is 0. The van der Waals surface area contributed by atoms with Gasteiger partial charge in [0.1, 0.15) is 6.54 Å². The average molecular weight is 473 g/mol. The van der Waals surface area contributed by atoms with Crippen LogP contribution in [0.25, 0.3) is 0 Å². The van der Waals surface area contributed by atoms with Gasteiger partial charge in [0.2, 0.25) is 5.91 Å². The van der Waals surface area contributed by atoms with E-state index in [9.17, 15) is 18.0 Å². The van der Waals surface area contributed by atoms with Gasteiger partial charge in [-0.2, -0.15) is 0 Å². The summed E-state index contributed by atoms with van der Waals surface area (Å²) in [5.41, 5.74) is 2.31. The maximum absolute atomic E-state index is 13.6. The highest BCUT2D eigenvalue weighted by atomic mass is 32.2. The van der Waals surface area contributed by atoms with Gasteiger partial charge >= 0.3 is 5.97 Å². The van der Waals surface area contributed by atoms with E-state index in [0.29, 0.717) is 44.6 Å². The van der Waals surface area contributed by atoms with Gasteiger partial charge in [-0.25, -0.2) is 8.42 Å². The Kier molecular flexibility index (Phi) is 8.13. The number of esters is 1. The first-order valence-electron chi connectivity index (χ1n) is 11.4. The van der Waals surface area contributed by atoms with Crippen LogP contribution in [0, 0.1) is 12.8 Å². The Hall–Kier alpha value is -2.87. The van der Waals surface area contributed by atoms with Crippen LogP contribution in [0.4, 0.5) is 5.69 Å². The number of amides is 1. The number of hydrogen-bond acceptors (Lipinski definition) is 5. The molecule has 7 nitrogen and oxygen atoms in total. The van der Waals surface area contributed by atoms with Crippen LogP contribution in [0.5, 0.6) is 0 Å². The zero-order valence-corrected chi connectivity index (χ0v) is 20.3. The van der Waals surface area contributed by atoms with Crippen molar-refractivity contribution in [2.75, 3.05) is 30.5 Å². The molecule has 2 aromatic carbocycles. The molecule has 1 amide bonds. The van der Waals surface area contributed by atoms with Crippen molar-refractivity contribution >= 4 is 27.6 Å². The summed E-state index contributed by atoms with van der Waals surface area (Å²) >= 11 is 0. The van der Waals surface area contributed by atoms with Crippen molar-refractivity contribution < 1.29 is 22.7 Å². The summed E-state index contributed by atoms with van der Waals surface area (Å²) in [4.78, 5) is 27.0. The lowest BCUT2D eigenvalue weighted by atomic mass is 9.97. The summed E-state index contributed by atoms with van der Waals surface area (Å²) in [6, 6.07) is 13.9. The molecule has 1 aliphatic heterocycles. The first kappa shape index (κ1) is 24.8. The van der Waals surface area contributed by atoms with Gasteiger partial charge < -0.3 is 9.64 Å². The van der Waals surface area contributed by atoms with E-state index >= 15 is 0 Å². The fraction of sp³-hybridized carbons (Fsp3) is 0.440. The number of likely N-dealkylation sites (tertiary alicyclic amines) is 1. The molecule has 0 aromatic heterocycles. The van der Waals surface area contributed by atoms with Crippen molar-refractivity contribution in [2.24, 2.45) is 5.92 Å². The minimum Gasteiger partial charge on any atom is -0.466 e.